The molecule has 0 aliphatic heterocycles. The highest BCUT2D eigenvalue weighted by molar-refractivity contribution is 6.30. The van der Waals surface area contributed by atoms with Crippen molar-refractivity contribution >= 4 is 23.3 Å². The molecule has 0 saturated heterocycles. The minimum absolute atomic E-state index is 0.145. The summed E-state index contributed by atoms with van der Waals surface area (Å²) in [6, 6.07) is 9.58. The normalized spacial score (nSPS) is 10.7. The first kappa shape index (κ1) is 13.2. The van der Waals surface area contributed by atoms with Crippen molar-refractivity contribution in [3.05, 3.63) is 51.5 Å². The van der Waals surface area contributed by atoms with Crippen LogP contribution in [-0.4, -0.2) is 10.1 Å². The van der Waals surface area contributed by atoms with E-state index in [0.717, 1.165) is 0 Å². The Morgan fingerprint density at radius 3 is 2.76 bits per heavy atom. The van der Waals surface area contributed by atoms with Gasteiger partial charge >= 0.3 is 5.88 Å². The van der Waals surface area contributed by atoms with E-state index in [1.807, 2.05) is 0 Å². The van der Waals surface area contributed by atoms with Crippen molar-refractivity contribution in [2.24, 2.45) is 0 Å². The number of nitrogen functional groups attached to an aromatic ring is 1. The zero-order chi connectivity index (χ0) is 15.0. The lowest BCUT2D eigenvalue weighted by Gasteiger charge is -2.01. The number of aromatic nitrogens is 1. The standard InChI is InChI=1S/C13H8ClN3O4/c14-8-3-1-2-7(6-8)11-12(21-16-13(11)15)9-4-5-10(20-9)17(18)19/h1-6H,(H2,15,16). The minimum Gasteiger partial charge on any atom is -0.397 e. The molecule has 0 fully saturated rings. The van der Waals surface area contributed by atoms with Gasteiger partial charge in [0.25, 0.3) is 0 Å². The van der Waals surface area contributed by atoms with Crippen LogP contribution >= 0.6 is 11.6 Å². The van der Waals surface area contributed by atoms with Crippen LogP contribution in [0.3, 0.4) is 0 Å². The van der Waals surface area contributed by atoms with Gasteiger partial charge in [0.15, 0.2) is 11.6 Å². The Hall–Kier alpha value is -2.80. The van der Waals surface area contributed by atoms with E-state index in [9.17, 15) is 10.1 Å². The lowest BCUT2D eigenvalue weighted by molar-refractivity contribution is -0.401. The van der Waals surface area contributed by atoms with Crippen molar-refractivity contribution in [3.63, 3.8) is 0 Å². The second-order valence-electron chi connectivity index (χ2n) is 4.18. The van der Waals surface area contributed by atoms with E-state index in [0.29, 0.717) is 16.1 Å². The molecule has 0 saturated carbocycles. The third kappa shape index (κ3) is 2.34. The highest BCUT2D eigenvalue weighted by Crippen LogP contribution is 2.38. The van der Waals surface area contributed by atoms with E-state index in [2.05, 4.69) is 5.16 Å². The van der Waals surface area contributed by atoms with Gasteiger partial charge in [0.1, 0.15) is 4.92 Å². The predicted molar refractivity (Wildman–Crippen MR) is 75.7 cm³/mol. The average molecular weight is 306 g/mol. The largest absolute Gasteiger partial charge is 0.433 e. The van der Waals surface area contributed by atoms with Crippen LogP contribution in [0.1, 0.15) is 0 Å². The first-order chi connectivity index (χ1) is 10.1. The molecule has 1 aromatic carbocycles. The van der Waals surface area contributed by atoms with Crippen LogP contribution in [-0.2, 0) is 0 Å². The van der Waals surface area contributed by atoms with Crippen molar-refractivity contribution in [3.8, 4) is 22.6 Å². The number of furan rings is 1. The number of nitro groups is 1. The third-order valence-corrected chi connectivity index (χ3v) is 3.06. The first-order valence-electron chi connectivity index (χ1n) is 5.82. The van der Waals surface area contributed by atoms with Crippen molar-refractivity contribution in [1.29, 1.82) is 0 Å². The Balaban J connectivity index is 2.14. The molecule has 0 spiro atoms. The minimum atomic E-state index is -0.637. The molecule has 8 heteroatoms. The van der Waals surface area contributed by atoms with Crippen LogP contribution in [0.25, 0.3) is 22.6 Å². The lowest BCUT2D eigenvalue weighted by atomic mass is 10.0. The quantitative estimate of drug-likeness (QED) is 0.583. The van der Waals surface area contributed by atoms with Gasteiger partial charge in [-0.05, 0) is 23.8 Å². The number of nitrogens with zero attached hydrogens (tertiary/aromatic N) is 2. The summed E-state index contributed by atoms with van der Waals surface area (Å²) in [5.74, 6) is 0.132. The summed E-state index contributed by atoms with van der Waals surface area (Å²) >= 11 is 5.95. The van der Waals surface area contributed by atoms with Gasteiger partial charge in [-0.3, -0.25) is 10.1 Å². The van der Waals surface area contributed by atoms with Gasteiger partial charge in [-0.25, -0.2) is 0 Å². The van der Waals surface area contributed by atoms with Crippen LogP contribution < -0.4 is 5.73 Å². The summed E-state index contributed by atoms with van der Waals surface area (Å²) in [5, 5.41) is 14.9. The number of anilines is 1. The van der Waals surface area contributed by atoms with E-state index in [-0.39, 0.29) is 17.3 Å². The zero-order valence-corrected chi connectivity index (χ0v) is 11.2. The molecule has 0 aliphatic rings. The van der Waals surface area contributed by atoms with Gasteiger partial charge in [0, 0.05) is 5.02 Å². The topological polar surface area (TPSA) is 108 Å². The Kier molecular flexibility index (Phi) is 3.11. The number of hydrogen-bond donors (Lipinski definition) is 1. The molecule has 3 aromatic rings. The number of nitrogens with two attached hydrogens (primary N) is 1. The lowest BCUT2D eigenvalue weighted by Crippen LogP contribution is -1.88. The molecule has 0 atom stereocenters. The van der Waals surface area contributed by atoms with Crippen LogP contribution in [0.2, 0.25) is 5.02 Å². The van der Waals surface area contributed by atoms with Gasteiger partial charge < -0.3 is 14.7 Å². The molecule has 2 heterocycles. The predicted octanol–water partition coefficient (Wildman–Crippen LogP) is 3.75. The molecule has 21 heavy (non-hydrogen) atoms. The maximum Gasteiger partial charge on any atom is 0.433 e. The Labute approximate surface area is 123 Å². The molecular weight excluding hydrogens is 298 g/mol. The second kappa shape index (κ2) is 4.95. The molecule has 3 rings (SSSR count). The van der Waals surface area contributed by atoms with Gasteiger partial charge in [0.2, 0.25) is 5.76 Å². The van der Waals surface area contributed by atoms with Crippen LogP contribution in [0.5, 0.6) is 0 Å². The molecule has 0 radical (unpaired) electrons. The number of hydrogen-bond acceptors (Lipinski definition) is 6. The van der Waals surface area contributed by atoms with Crippen molar-refractivity contribution in [1.82, 2.24) is 5.16 Å². The van der Waals surface area contributed by atoms with Crippen LogP contribution in [0.4, 0.5) is 11.7 Å². The average Bonchev–Trinajstić information content (AvgIpc) is 3.05. The summed E-state index contributed by atoms with van der Waals surface area (Å²) in [4.78, 5) is 10.0. The van der Waals surface area contributed by atoms with Crippen molar-refractivity contribution in [2.75, 3.05) is 5.73 Å². The summed E-state index contributed by atoms with van der Waals surface area (Å²) in [6.45, 7) is 0. The smallest absolute Gasteiger partial charge is 0.397 e. The summed E-state index contributed by atoms with van der Waals surface area (Å²) in [5.41, 5.74) is 6.95. The van der Waals surface area contributed by atoms with E-state index in [4.69, 9.17) is 26.3 Å². The number of halogens is 1. The molecule has 7 nitrogen and oxygen atoms in total. The summed E-state index contributed by atoms with van der Waals surface area (Å²) in [7, 11) is 0. The summed E-state index contributed by atoms with van der Waals surface area (Å²) < 4.78 is 10.2. The Morgan fingerprint density at radius 1 is 1.29 bits per heavy atom. The second-order valence-corrected chi connectivity index (χ2v) is 4.61. The zero-order valence-electron chi connectivity index (χ0n) is 10.4. The van der Waals surface area contributed by atoms with Gasteiger partial charge in [0.05, 0.1) is 11.6 Å². The fourth-order valence-corrected chi connectivity index (χ4v) is 2.13. The maximum atomic E-state index is 10.7. The first-order valence-corrected chi connectivity index (χ1v) is 6.19. The number of rotatable bonds is 3. The number of benzene rings is 1. The summed E-state index contributed by atoms with van der Waals surface area (Å²) in [6.07, 6.45) is 0. The SMILES string of the molecule is Nc1noc(-c2ccc([N+](=O)[O-])o2)c1-c1cccc(Cl)c1. The molecular formula is C13H8ClN3O4. The van der Waals surface area contributed by atoms with Crippen LogP contribution in [0, 0.1) is 10.1 Å². The highest BCUT2D eigenvalue weighted by Gasteiger charge is 2.23. The Bertz CT molecular complexity index is 824. The fourth-order valence-electron chi connectivity index (χ4n) is 1.94. The molecule has 2 N–H and O–H groups in total. The van der Waals surface area contributed by atoms with E-state index in [1.54, 1.807) is 24.3 Å². The van der Waals surface area contributed by atoms with Crippen LogP contribution in [0.15, 0.2) is 45.3 Å². The van der Waals surface area contributed by atoms with E-state index in [1.165, 1.54) is 12.1 Å². The molecule has 0 aliphatic carbocycles. The van der Waals surface area contributed by atoms with E-state index < -0.39 is 10.8 Å². The molecule has 0 amide bonds. The fraction of sp³-hybridized carbons (Fsp3) is 0. The Morgan fingerprint density at radius 2 is 2.10 bits per heavy atom. The monoisotopic (exact) mass is 305 g/mol. The van der Waals surface area contributed by atoms with E-state index >= 15 is 0 Å². The molecule has 106 valence electrons. The van der Waals surface area contributed by atoms with Gasteiger partial charge in [-0.2, -0.15) is 0 Å². The molecule has 2 aromatic heterocycles. The highest BCUT2D eigenvalue weighted by atomic mass is 35.5. The van der Waals surface area contributed by atoms with Gasteiger partial charge in [-0.1, -0.05) is 28.9 Å². The third-order valence-electron chi connectivity index (χ3n) is 2.83. The van der Waals surface area contributed by atoms with Gasteiger partial charge in [-0.15, -0.1) is 0 Å². The molecule has 0 bridgehead atoms. The maximum absolute atomic E-state index is 10.7. The van der Waals surface area contributed by atoms with Crippen molar-refractivity contribution in [2.45, 2.75) is 0 Å². The van der Waals surface area contributed by atoms with Crippen molar-refractivity contribution < 1.29 is 13.9 Å². The molecule has 0 unspecified atom stereocenters.